The quantitative estimate of drug-likeness (QED) is 0.308. The third-order valence-corrected chi connectivity index (χ3v) is 8.44. The van der Waals surface area contributed by atoms with Crippen LogP contribution in [0.25, 0.3) is 0 Å². The van der Waals surface area contributed by atoms with Crippen LogP contribution in [0.5, 0.6) is 0 Å². The van der Waals surface area contributed by atoms with E-state index in [0.717, 1.165) is 16.7 Å². The van der Waals surface area contributed by atoms with Gasteiger partial charge in [0.25, 0.3) is 0 Å². The van der Waals surface area contributed by atoms with E-state index in [0.29, 0.717) is 19.6 Å². The maximum absolute atomic E-state index is 14.5. The van der Waals surface area contributed by atoms with Gasteiger partial charge in [0.15, 0.2) is 0 Å². The van der Waals surface area contributed by atoms with Crippen molar-refractivity contribution in [3.8, 4) is 0 Å². The topological polar surface area (TPSA) is 46.6 Å². The largest absolute Gasteiger partial charge is 0.338 e. The Hall–Kier alpha value is -2.52. The van der Waals surface area contributed by atoms with E-state index >= 15 is 0 Å². The van der Waals surface area contributed by atoms with Gasteiger partial charge >= 0.3 is 7.52 Å². The van der Waals surface area contributed by atoms with Gasteiger partial charge in [0.05, 0.1) is 6.61 Å². The molecule has 3 aromatic carbocycles. The van der Waals surface area contributed by atoms with Crippen LogP contribution in [-0.2, 0) is 19.4 Å². The molecule has 4 nitrogen and oxygen atoms in total. The van der Waals surface area contributed by atoms with E-state index in [-0.39, 0.29) is 17.9 Å². The van der Waals surface area contributed by atoms with Gasteiger partial charge in [-0.2, -0.15) is 0 Å². The van der Waals surface area contributed by atoms with Crippen molar-refractivity contribution >= 4 is 13.0 Å². The van der Waals surface area contributed by atoms with Crippen molar-refractivity contribution in [3.63, 3.8) is 0 Å². The Kier molecular flexibility index (Phi) is 6.76. The molecule has 0 N–H and O–H groups in total. The average Bonchev–Trinajstić information content (AvgIpc) is 2.82. The number of rotatable bonds is 7. The number of hydrogen-bond donors (Lipinski definition) is 0. The summed E-state index contributed by atoms with van der Waals surface area (Å²) in [5.41, 5.74) is 1.65. The molecule has 1 heterocycles. The Bertz CT molecular complexity index is 987. The van der Waals surface area contributed by atoms with Gasteiger partial charge in [-0.05, 0) is 29.0 Å². The van der Waals surface area contributed by atoms with Gasteiger partial charge in [0.2, 0.25) is 5.52 Å². The highest BCUT2D eigenvalue weighted by Crippen LogP contribution is 2.63. The van der Waals surface area contributed by atoms with Crippen LogP contribution >= 0.6 is 7.52 Å². The first kappa shape index (κ1) is 22.7. The van der Waals surface area contributed by atoms with Gasteiger partial charge in [0, 0.05) is 13.0 Å². The fraction of sp³-hybridized carbons (Fsp3) is 0.296. The van der Waals surface area contributed by atoms with Gasteiger partial charge in [0.1, 0.15) is 5.54 Å². The molecule has 3 aromatic rings. The lowest BCUT2D eigenvalue weighted by atomic mass is 9.77. The summed E-state index contributed by atoms with van der Waals surface area (Å²) in [5, 5.41) is 0. The number of benzene rings is 3. The molecule has 0 radical (unpaired) electrons. The number of carbonyl (C=O) groups excluding carboxylic acids is 1. The molecule has 1 unspecified atom stereocenters. The molecule has 0 amide bonds. The van der Waals surface area contributed by atoms with Crippen LogP contribution in [0.4, 0.5) is 0 Å². The summed E-state index contributed by atoms with van der Waals surface area (Å²) in [7, 11) is -3.79. The summed E-state index contributed by atoms with van der Waals surface area (Å²) in [5.74, 6) is 0.0975. The molecule has 4 rings (SSSR count). The Morgan fingerprint density at radius 1 is 0.875 bits per heavy atom. The zero-order valence-electron chi connectivity index (χ0n) is 18.7. The van der Waals surface area contributed by atoms with Crippen molar-refractivity contribution in [1.82, 2.24) is 4.67 Å². The van der Waals surface area contributed by atoms with E-state index in [1.807, 2.05) is 110 Å². The van der Waals surface area contributed by atoms with Crippen LogP contribution in [0.2, 0.25) is 0 Å². The molecule has 1 saturated heterocycles. The molecule has 0 aliphatic carbocycles. The summed E-state index contributed by atoms with van der Waals surface area (Å²) in [6.07, 6.45) is 0.926. The van der Waals surface area contributed by atoms with E-state index in [4.69, 9.17) is 4.52 Å². The Balaban J connectivity index is 2.05. The third-order valence-electron chi connectivity index (χ3n) is 5.96. The molecular formula is C27H30NO3P. The summed E-state index contributed by atoms with van der Waals surface area (Å²) < 4.78 is 22.3. The van der Waals surface area contributed by atoms with E-state index in [2.05, 4.69) is 0 Å². The minimum absolute atomic E-state index is 0.0975. The third kappa shape index (κ3) is 3.99. The molecule has 32 heavy (non-hydrogen) atoms. The van der Waals surface area contributed by atoms with Gasteiger partial charge < -0.3 is 4.52 Å². The number of nitrogens with zero attached hydrogens (tertiary/aromatic N) is 1. The summed E-state index contributed by atoms with van der Waals surface area (Å²) in [6.45, 7) is 4.76. The lowest BCUT2D eigenvalue weighted by Gasteiger charge is -2.49. The predicted molar refractivity (Wildman–Crippen MR) is 129 cm³/mol. The normalized spacial score (nSPS) is 19.7. The van der Waals surface area contributed by atoms with Crippen molar-refractivity contribution in [2.75, 3.05) is 13.2 Å². The fourth-order valence-corrected chi connectivity index (χ4v) is 7.30. The van der Waals surface area contributed by atoms with E-state index < -0.39 is 13.1 Å². The first-order valence-corrected chi connectivity index (χ1v) is 12.8. The second kappa shape index (κ2) is 9.54. The van der Waals surface area contributed by atoms with Crippen molar-refractivity contribution in [2.45, 2.75) is 32.2 Å². The number of carbonyl (C=O) groups is 1. The standard InChI is InChI=1S/C27H30NO3P/c1-22(2)21-26(29)32(30)28(19-12-20-31-32)27(23-13-6-3-7-14-23,24-15-8-4-9-16-24)25-17-10-5-11-18-25/h3-11,13-18,22H,12,19-21H2,1-2H3. The Morgan fingerprint density at radius 3 is 1.72 bits per heavy atom. The lowest BCUT2D eigenvalue weighted by molar-refractivity contribution is -0.114. The molecule has 0 aromatic heterocycles. The van der Waals surface area contributed by atoms with Crippen LogP contribution in [-0.4, -0.2) is 23.3 Å². The lowest BCUT2D eigenvalue weighted by Crippen LogP contribution is -2.49. The summed E-state index contributed by atoms with van der Waals surface area (Å²) in [4.78, 5) is 13.5. The van der Waals surface area contributed by atoms with Crippen molar-refractivity contribution < 1.29 is 13.9 Å². The van der Waals surface area contributed by atoms with Crippen molar-refractivity contribution in [2.24, 2.45) is 5.92 Å². The van der Waals surface area contributed by atoms with Gasteiger partial charge in [-0.15, -0.1) is 0 Å². The zero-order valence-corrected chi connectivity index (χ0v) is 19.6. The monoisotopic (exact) mass is 447 g/mol. The number of hydrogen-bond acceptors (Lipinski definition) is 3. The molecule has 5 heteroatoms. The highest BCUT2D eigenvalue weighted by molar-refractivity contribution is 7.74. The van der Waals surface area contributed by atoms with E-state index in [9.17, 15) is 9.36 Å². The van der Waals surface area contributed by atoms with Crippen molar-refractivity contribution in [3.05, 3.63) is 108 Å². The average molecular weight is 448 g/mol. The van der Waals surface area contributed by atoms with Crippen molar-refractivity contribution in [1.29, 1.82) is 0 Å². The van der Waals surface area contributed by atoms with E-state index in [1.165, 1.54) is 0 Å². The van der Waals surface area contributed by atoms with Gasteiger partial charge in [-0.3, -0.25) is 9.36 Å². The molecule has 0 saturated carbocycles. The smallest absolute Gasteiger partial charge is 0.312 e. The summed E-state index contributed by atoms with van der Waals surface area (Å²) >= 11 is 0. The molecule has 166 valence electrons. The molecule has 1 aliphatic rings. The Labute approximate surface area is 190 Å². The van der Waals surface area contributed by atoms with Crippen LogP contribution < -0.4 is 0 Å². The Morgan fingerprint density at radius 2 is 1.31 bits per heavy atom. The minimum atomic E-state index is -3.79. The first-order valence-electron chi connectivity index (χ1n) is 11.2. The van der Waals surface area contributed by atoms with Gasteiger partial charge in [-0.25, -0.2) is 4.67 Å². The SMILES string of the molecule is CC(C)CC(=O)P1(=O)OCCCN1C(c1ccccc1)(c1ccccc1)c1ccccc1. The first-order chi connectivity index (χ1) is 15.5. The highest BCUT2D eigenvalue weighted by Gasteiger charge is 2.54. The molecule has 0 spiro atoms. The molecule has 0 bridgehead atoms. The second-order valence-electron chi connectivity index (χ2n) is 8.63. The van der Waals surface area contributed by atoms with Crippen LogP contribution in [0.15, 0.2) is 91.0 Å². The second-order valence-corrected chi connectivity index (χ2v) is 10.9. The maximum atomic E-state index is 14.5. The predicted octanol–water partition coefficient (Wildman–Crippen LogP) is 6.47. The molecular weight excluding hydrogens is 417 g/mol. The zero-order chi connectivity index (χ0) is 22.6. The summed E-state index contributed by atoms with van der Waals surface area (Å²) in [6, 6.07) is 30.1. The molecule has 1 atom stereocenters. The molecule has 1 aliphatic heterocycles. The van der Waals surface area contributed by atoms with Crippen LogP contribution in [0, 0.1) is 5.92 Å². The minimum Gasteiger partial charge on any atom is -0.312 e. The maximum Gasteiger partial charge on any atom is 0.338 e. The van der Waals surface area contributed by atoms with Crippen LogP contribution in [0.3, 0.4) is 0 Å². The highest BCUT2D eigenvalue weighted by atomic mass is 31.2. The molecule has 1 fully saturated rings. The van der Waals surface area contributed by atoms with E-state index in [1.54, 1.807) is 0 Å². The van der Waals surface area contributed by atoms with Gasteiger partial charge in [-0.1, -0.05) is 105 Å². The fourth-order valence-electron chi connectivity index (χ4n) is 4.63. The van der Waals surface area contributed by atoms with Crippen LogP contribution in [0.1, 0.15) is 43.4 Å².